The molecule has 0 atom stereocenters. The Morgan fingerprint density at radius 3 is 2.32 bits per heavy atom. The highest BCUT2D eigenvalue weighted by Gasteiger charge is 2.16. The van der Waals surface area contributed by atoms with Gasteiger partial charge in [-0.05, 0) is 55.0 Å². The number of allylic oxidation sites excluding steroid dienone is 4. The van der Waals surface area contributed by atoms with Crippen molar-refractivity contribution >= 4 is 37.4 Å². The van der Waals surface area contributed by atoms with E-state index in [1.807, 2.05) is 0 Å². The molecule has 0 N–H and O–H groups in total. The Morgan fingerprint density at radius 1 is 1.11 bits per heavy atom. The summed E-state index contributed by atoms with van der Waals surface area (Å²) in [5, 5.41) is 0. The van der Waals surface area contributed by atoms with Crippen LogP contribution in [0.2, 0.25) is 0 Å². The smallest absolute Gasteiger partial charge is 0.282 e. The number of carbonyl (C=O) groups excluding carboxylic acids is 1. The summed E-state index contributed by atoms with van der Waals surface area (Å²) in [4.78, 5) is 11.2. The first kappa shape index (κ1) is 13.9. The zero-order valence-corrected chi connectivity index (χ0v) is 12.4. The van der Waals surface area contributed by atoms with E-state index in [1.165, 1.54) is 30.4 Å². The van der Waals surface area contributed by atoms with E-state index in [2.05, 4.69) is 20.3 Å². The highest BCUT2D eigenvalue weighted by Crippen LogP contribution is 2.18. The van der Waals surface area contributed by atoms with Crippen molar-refractivity contribution in [2.75, 3.05) is 0 Å². The number of hydrogen-bond acceptors (Lipinski definition) is 3. The summed E-state index contributed by atoms with van der Waals surface area (Å²) in [6.45, 7) is 1.65. The third-order valence-electron chi connectivity index (χ3n) is 2.50. The topological polar surface area (TPSA) is 63.6 Å². The molecule has 0 heterocycles. The van der Waals surface area contributed by atoms with Crippen molar-refractivity contribution in [3.63, 3.8) is 0 Å². The zero-order chi connectivity index (χ0) is 14.0. The molecule has 1 aromatic carbocycles. The lowest BCUT2D eigenvalue weighted by Gasteiger charge is -2.06. The van der Waals surface area contributed by atoms with Crippen molar-refractivity contribution in [1.29, 1.82) is 0 Å². The Kier molecular flexibility index (Phi) is 3.82. The van der Waals surface area contributed by atoms with E-state index in [1.54, 1.807) is 19.1 Å². The molecule has 0 radical (unpaired) electrons. The molecule has 0 unspecified atom stereocenters. The van der Waals surface area contributed by atoms with Crippen molar-refractivity contribution < 1.29 is 13.2 Å². The van der Waals surface area contributed by atoms with Crippen LogP contribution in [0, 0.1) is 0 Å². The van der Waals surface area contributed by atoms with Crippen molar-refractivity contribution in [3.8, 4) is 0 Å². The van der Waals surface area contributed by atoms with Gasteiger partial charge in [-0.25, -0.2) is 0 Å². The van der Waals surface area contributed by atoms with Gasteiger partial charge in [-0.2, -0.15) is 12.8 Å². The first-order chi connectivity index (χ1) is 8.88. The molecule has 4 nitrogen and oxygen atoms in total. The standard InChI is InChI=1S/C13H10BrNO3S/c1-9-8-11(16)4-7-13(9)15-19(17,18)12-5-2-10(14)3-6-12/h2-8H,1H3/b15-13+. The normalized spacial score (nSPS) is 17.7. The number of benzene rings is 1. The number of nitrogens with zero attached hydrogens (tertiary/aromatic N) is 1. The van der Waals surface area contributed by atoms with Crippen LogP contribution in [-0.2, 0) is 14.8 Å². The largest absolute Gasteiger partial charge is 0.290 e. The van der Waals surface area contributed by atoms with Gasteiger partial charge in [0.05, 0.1) is 10.6 Å². The van der Waals surface area contributed by atoms with Crippen molar-refractivity contribution in [3.05, 3.63) is 52.5 Å². The molecule has 0 aromatic heterocycles. The maximum atomic E-state index is 12.1. The Hall–Kier alpha value is -1.53. The van der Waals surface area contributed by atoms with Crippen LogP contribution in [0.15, 0.2) is 61.8 Å². The minimum atomic E-state index is -3.76. The summed E-state index contributed by atoms with van der Waals surface area (Å²) in [5.41, 5.74) is 0.815. The molecular weight excluding hydrogens is 330 g/mol. The van der Waals surface area contributed by atoms with Gasteiger partial charge in [-0.1, -0.05) is 15.9 Å². The van der Waals surface area contributed by atoms with Crippen LogP contribution in [0.5, 0.6) is 0 Å². The highest BCUT2D eigenvalue weighted by atomic mass is 79.9. The van der Waals surface area contributed by atoms with Gasteiger partial charge in [-0.15, -0.1) is 0 Å². The first-order valence-electron chi connectivity index (χ1n) is 5.40. The average molecular weight is 340 g/mol. The summed E-state index contributed by atoms with van der Waals surface area (Å²) in [6.07, 6.45) is 4.06. The lowest BCUT2D eigenvalue weighted by atomic mass is 10.1. The van der Waals surface area contributed by atoms with Gasteiger partial charge in [0.15, 0.2) is 5.78 Å². The SMILES string of the molecule is CC1=CC(=O)C=C/C1=N\S(=O)(=O)c1ccc(Br)cc1. The molecule has 2 rings (SSSR count). The van der Waals surface area contributed by atoms with Gasteiger partial charge in [0.25, 0.3) is 10.0 Å². The number of sulfonamides is 1. The quantitative estimate of drug-likeness (QED) is 0.778. The molecule has 1 aliphatic carbocycles. The van der Waals surface area contributed by atoms with Gasteiger partial charge in [0.1, 0.15) is 0 Å². The fourth-order valence-corrected chi connectivity index (χ4v) is 2.83. The average Bonchev–Trinajstić information content (AvgIpc) is 2.33. The van der Waals surface area contributed by atoms with Crippen molar-refractivity contribution in [2.24, 2.45) is 4.40 Å². The summed E-state index contributed by atoms with van der Waals surface area (Å²) < 4.78 is 28.7. The molecule has 1 aliphatic rings. The monoisotopic (exact) mass is 339 g/mol. The fraction of sp³-hybridized carbons (Fsp3) is 0.0769. The minimum Gasteiger partial charge on any atom is -0.290 e. The second-order valence-electron chi connectivity index (χ2n) is 3.97. The Morgan fingerprint density at radius 2 is 1.74 bits per heavy atom. The predicted molar refractivity (Wildman–Crippen MR) is 76.7 cm³/mol. The number of rotatable bonds is 2. The van der Waals surface area contributed by atoms with E-state index < -0.39 is 10.0 Å². The number of halogens is 1. The molecule has 0 bridgehead atoms. The summed E-state index contributed by atoms with van der Waals surface area (Å²) in [6, 6.07) is 6.21. The molecule has 0 aliphatic heterocycles. The zero-order valence-electron chi connectivity index (χ0n) is 10.00. The fourth-order valence-electron chi connectivity index (χ4n) is 1.52. The van der Waals surface area contributed by atoms with E-state index in [0.29, 0.717) is 5.57 Å². The van der Waals surface area contributed by atoms with E-state index in [0.717, 1.165) is 4.47 Å². The number of carbonyl (C=O) groups is 1. The molecule has 0 amide bonds. The van der Waals surface area contributed by atoms with E-state index in [9.17, 15) is 13.2 Å². The van der Waals surface area contributed by atoms with Gasteiger partial charge in [0.2, 0.25) is 0 Å². The third-order valence-corrected chi connectivity index (χ3v) is 4.33. The number of ketones is 1. The van der Waals surface area contributed by atoms with E-state index >= 15 is 0 Å². The third kappa shape index (κ3) is 3.27. The second kappa shape index (κ2) is 5.22. The van der Waals surface area contributed by atoms with Crippen LogP contribution in [0.4, 0.5) is 0 Å². The second-order valence-corrected chi connectivity index (χ2v) is 6.49. The predicted octanol–water partition coefficient (Wildman–Crippen LogP) is 2.66. The molecule has 6 heteroatoms. The van der Waals surface area contributed by atoms with Gasteiger partial charge < -0.3 is 0 Å². The Balaban J connectivity index is 2.42. The lowest BCUT2D eigenvalue weighted by Crippen LogP contribution is -2.09. The molecule has 0 spiro atoms. The van der Waals surface area contributed by atoms with Crippen molar-refractivity contribution in [2.45, 2.75) is 11.8 Å². The van der Waals surface area contributed by atoms with Gasteiger partial charge in [-0.3, -0.25) is 4.79 Å². The van der Waals surface area contributed by atoms with E-state index in [4.69, 9.17) is 0 Å². The Labute approximate surface area is 119 Å². The summed E-state index contributed by atoms with van der Waals surface area (Å²) in [5.74, 6) is -0.169. The van der Waals surface area contributed by atoms with Crippen LogP contribution in [0.1, 0.15) is 6.92 Å². The maximum Gasteiger partial charge on any atom is 0.282 e. The van der Waals surface area contributed by atoms with Crippen LogP contribution < -0.4 is 0 Å². The summed E-state index contributed by atoms with van der Waals surface area (Å²) in [7, 11) is -3.76. The maximum absolute atomic E-state index is 12.1. The van der Waals surface area contributed by atoms with Crippen LogP contribution >= 0.6 is 15.9 Å². The van der Waals surface area contributed by atoms with E-state index in [-0.39, 0.29) is 16.4 Å². The Bertz CT molecular complexity index is 713. The van der Waals surface area contributed by atoms with Gasteiger partial charge >= 0.3 is 0 Å². The highest BCUT2D eigenvalue weighted by molar-refractivity contribution is 9.10. The molecule has 98 valence electrons. The first-order valence-corrected chi connectivity index (χ1v) is 7.63. The molecular formula is C13H10BrNO3S. The molecule has 0 saturated heterocycles. The summed E-state index contributed by atoms with van der Waals surface area (Å²) >= 11 is 3.24. The van der Waals surface area contributed by atoms with Crippen molar-refractivity contribution in [1.82, 2.24) is 0 Å². The minimum absolute atomic E-state index is 0.112. The lowest BCUT2D eigenvalue weighted by molar-refractivity contribution is -0.110. The molecule has 19 heavy (non-hydrogen) atoms. The van der Waals surface area contributed by atoms with Crippen LogP contribution in [-0.4, -0.2) is 19.9 Å². The molecule has 0 fully saturated rings. The van der Waals surface area contributed by atoms with Crippen LogP contribution in [0.3, 0.4) is 0 Å². The number of hydrogen-bond donors (Lipinski definition) is 0. The molecule has 0 saturated carbocycles. The molecule has 1 aromatic rings. The van der Waals surface area contributed by atoms with Gasteiger partial charge in [0, 0.05) is 4.47 Å². The van der Waals surface area contributed by atoms with Crippen LogP contribution in [0.25, 0.3) is 0 Å².